The molecule has 2 aliphatic rings. The smallest absolute Gasteiger partial charge is 0.190 e. The highest BCUT2D eigenvalue weighted by Gasteiger charge is 2.57. The first-order valence-electron chi connectivity index (χ1n) is 9.83. The Bertz CT molecular complexity index is 807. The molecule has 0 saturated carbocycles. The van der Waals surface area contributed by atoms with E-state index < -0.39 is 30.4 Å². The second-order valence-corrected chi connectivity index (χ2v) is 7.73. The van der Waals surface area contributed by atoms with Gasteiger partial charge in [-0.05, 0) is 25.0 Å². The van der Waals surface area contributed by atoms with E-state index >= 15 is 0 Å². The summed E-state index contributed by atoms with van der Waals surface area (Å²) in [6.45, 7) is 4.30. The van der Waals surface area contributed by atoms with Crippen LogP contribution in [0.1, 0.15) is 25.0 Å². The van der Waals surface area contributed by atoms with Gasteiger partial charge in [0.25, 0.3) is 0 Å². The highest BCUT2D eigenvalue weighted by molar-refractivity contribution is 5.85. The molecule has 0 bridgehead atoms. The van der Waals surface area contributed by atoms with Crippen LogP contribution in [0.15, 0.2) is 60.7 Å². The van der Waals surface area contributed by atoms with E-state index in [1.807, 2.05) is 74.5 Å². The number of hydrogen-bond acceptors (Lipinski definition) is 6. The number of carbonyl (C=O) groups excluding carboxylic acids is 1. The van der Waals surface area contributed by atoms with Crippen molar-refractivity contribution in [3.8, 4) is 0 Å². The second kappa shape index (κ2) is 8.73. The molecule has 6 heteroatoms. The second-order valence-electron chi connectivity index (χ2n) is 7.73. The molecule has 0 N–H and O–H groups in total. The summed E-state index contributed by atoms with van der Waals surface area (Å²) in [5.41, 5.74) is 2.02. The fraction of sp³-hybridized carbons (Fsp3) is 0.435. The van der Waals surface area contributed by atoms with Gasteiger partial charge in [0, 0.05) is 0 Å². The standard InChI is InChI=1S/C23H26O6/c1-23(2)28-21-20(26-14-17-11-7-4-8-12-17)19(27-22(21)29-23)18(24)15-25-13-16-9-5-3-6-10-16/h3-12,19-22H,13-15H2,1-2H3/t19-,20+,21+,22+/m1/s1. The molecule has 4 rings (SSSR count). The van der Waals surface area contributed by atoms with Crippen LogP contribution in [-0.4, -0.2) is 42.8 Å². The van der Waals surface area contributed by atoms with Gasteiger partial charge in [-0.3, -0.25) is 4.79 Å². The molecule has 2 fully saturated rings. The molecule has 0 radical (unpaired) electrons. The normalized spacial score (nSPS) is 27.7. The first-order valence-corrected chi connectivity index (χ1v) is 9.83. The molecular weight excluding hydrogens is 372 g/mol. The minimum atomic E-state index is -0.791. The van der Waals surface area contributed by atoms with Crippen LogP contribution in [-0.2, 0) is 41.7 Å². The highest BCUT2D eigenvalue weighted by atomic mass is 16.8. The van der Waals surface area contributed by atoms with Gasteiger partial charge in [0.1, 0.15) is 18.8 Å². The van der Waals surface area contributed by atoms with Crippen molar-refractivity contribution in [1.29, 1.82) is 0 Å². The molecule has 6 nitrogen and oxygen atoms in total. The molecule has 2 aliphatic heterocycles. The lowest BCUT2D eigenvalue weighted by atomic mass is 10.1. The van der Waals surface area contributed by atoms with E-state index in [1.165, 1.54) is 0 Å². The predicted molar refractivity (Wildman–Crippen MR) is 105 cm³/mol. The lowest BCUT2D eigenvalue weighted by Gasteiger charge is -2.25. The van der Waals surface area contributed by atoms with E-state index in [9.17, 15) is 4.79 Å². The van der Waals surface area contributed by atoms with Crippen LogP contribution < -0.4 is 0 Å². The highest BCUT2D eigenvalue weighted by Crippen LogP contribution is 2.39. The molecule has 0 aromatic heterocycles. The summed E-state index contributed by atoms with van der Waals surface area (Å²) in [5, 5.41) is 0. The van der Waals surface area contributed by atoms with Crippen molar-refractivity contribution in [3.63, 3.8) is 0 Å². The fourth-order valence-electron chi connectivity index (χ4n) is 3.61. The number of carbonyl (C=O) groups is 1. The van der Waals surface area contributed by atoms with Gasteiger partial charge in [-0.15, -0.1) is 0 Å². The fourth-order valence-corrected chi connectivity index (χ4v) is 3.61. The topological polar surface area (TPSA) is 63.2 Å². The Labute approximate surface area is 170 Å². The Balaban J connectivity index is 1.39. The lowest BCUT2D eigenvalue weighted by molar-refractivity contribution is -0.219. The first kappa shape index (κ1) is 20.2. The molecule has 0 amide bonds. The molecule has 0 spiro atoms. The van der Waals surface area contributed by atoms with Crippen LogP contribution in [0.3, 0.4) is 0 Å². The summed E-state index contributed by atoms with van der Waals surface area (Å²) in [5.74, 6) is -0.958. The van der Waals surface area contributed by atoms with Crippen molar-refractivity contribution < 1.29 is 28.5 Å². The zero-order valence-electron chi connectivity index (χ0n) is 16.7. The van der Waals surface area contributed by atoms with Crippen LogP contribution in [0.2, 0.25) is 0 Å². The Morgan fingerprint density at radius 1 is 0.931 bits per heavy atom. The Kier molecular flexibility index (Phi) is 6.08. The molecule has 4 atom stereocenters. The lowest BCUT2D eigenvalue weighted by Crippen LogP contribution is -2.42. The molecule has 2 saturated heterocycles. The largest absolute Gasteiger partial charge is 0.369 e. The number of Topliss-reactive ketones (excluding diaryl/α,β-unsaturated/α-hetero) is 1. The molecule has 0 aliphatic carbocycles. The van der Waals surface area contributed by atoms with Crippen molar-refractivity contribution in [2.24, 2.45) is 0 Å². The van der Waals surface area contributed by atoms with E-state index in [-0.39, 0.29) is 12.4 Å². The number of benzene rings is 2. The van der Waals surface area contributed by atoms with Crippen LogP contribution in [0.4, 0.5) is 0 Å². The van der Waals surface area contributed by atoms with Gasteiger partial charge in [0.2, 0.25) is 0 Å². The van der Waals surface area contributed by atoms with E-state index in [4.69, 9.17) is 23.7 Å². The summed E-state index contributed by atoms with van der Waals surface area (Å²) in [6, 6.07) is 19.5. The predicted octanol–water partition coefficient (Wildman–Crippen LogP) is 3.23. The van der Waals surface area contributed by atoms with Crippen LogP contribution in [0.25, 0.3) is 0 Å². The third-order valence-corrected chi connectivity index (χ3v) is 4.95. The zero-order valence-corrected chi connectivity index (χ0v) is 16.7. The number of fused-ring (bicyclic) bond motifs is 1. The molecule has 2 aromatic carbocycles. The SMILES string of the molecule is CC1(C)O[C@@H]2O[C@H](C(=O)COCc3ccccc3)[C@H](OCc3ccccc3)[C@@H]2O1. The van der Waals surface area contributed by atoms with Gasteiger partial charge in [-0.25, -0.2) is 0 Å². The first-order chi connectivity index (χ1) is 14.0. The third-order valence-electron chi connectivity index (χ3n) is 4.95. The number of ether oxygens (including phenoxy) is 5. The van der Waals surface area contributed by atoms with Crippen LogP contribution in [0, 0.1) is 0 Å². The van der Waals surface area contributed by atoms with E-state index in [0.29, 0.717) is 13.2 Å². The summed E-state index contributed by atoms with van der Waals surface area (Å²) in [7, 11) is 0. The van der Waals surface area contributed by atoms with Gasteiger partial charge in [-0.2, -0.15) is 0 Å². The number of rotatable bonds is 8. The van der Waals surface area contributed by atoms with Gasteiger partial charge >= 0.3 is 0 Å². The van der Waals surface area contributed by atoms with Crippen molar-refractivity contribution in [1.82, 2.24) is 0 Å². The Morgan fingerprint density at radius 2 is 1.55 bits per heavy atom. The van der Waals surface area contributed by atoms with Crippen LogP contribution in [0.5, 0.6) is 0 Å². The molecule has 0 unspecified atom stereocenters. The Morgan fingerprint density at radius 3 is 2.21 bits per heavy atom. The average molecular weight is 398 g/mol. The summed E-state index contributed by atoms with van der Waals surface area (Å²) >= 11 is 0. The van der Waals surface area contributed by atoms with E-state index in [0.717, 1.165) is 11.1 Å². The maximum absolute atomic E-state index is 12.8. The molecular formula is C23H26O6. The quantitative estimate of drug-likeness (QED) is 0.680. The van der Waals surface area contributed by atoms with E-state index in [1.54, 1.807) is 0 Å². The molecule has 154 valence electrons. The maximum atomic E-state index is 12.8. The summed E-state index contributed by atoms with van der Waals surface area (Å²) in [6.07, 6.45) is -2.44. The minimum Gasteiger partial charge on any atom is -0.369 e. The summed E-state index contributed by atoms with van der Waals surface area (Å²) in [4.78, 5) is 12.8. The van der Waals surface area contributed by atoms with Gasteiger partial charge in [0.05, 0.1) is 13.2 Å². The van der Waals surface area contributed by atoms with Crippen molar-refractivity contribution in [2.75, 3.05) is 6.61 Å². The van der Waals surface area contributed by atoms with Crippen molar-refractivity contribution in [3.05, 3.63) is 71.8 Å². The average Bonchev–Trinajstić information content (AvgIpc) is 3.19. The van der Waals surface area contributed by atoms with Gasteiger partial charge in [0.15, 0.2) is 24.0 Å². The van der Waals surface area contributed by atoms with Gasteiger partial charge in [-0.1, -0.05) is 60.7 Å². The monoisotopic (exact) mass is 398 g/mol. The van der Waals surface area contributed by atoms with Gasteiger partial charge < -0.3 is 23.7 Å². The Hall–Kier alpha value is -2.09. The summed E-state index contributed by atoms with van der Waals surface area (Å²) < 4.78 is 29.3. The van der Waals surface area contributed by atoms with E-state index in [2.05, 4.69) is 0 Å². The zero-order chi connectivity index (χ0) is 20.3. The maximum Gasteiger partial charge on any atom is 0.190 e. The molecule has 2 aromatic rings. The van der Waals surface area contributed by atoms with Crippen LogP contribution >= 0.6 is 0 Å². The third kappa shape index (κ3) is 4.91. The molecule has 2 heterocycles. The molecule has 29 heavy (non-hydrogen) atoms. The number of ketones is 1. The number of hydrogen-bond donors (Lipinski definition) is 0. The van der Waals surface area contributed by atoms with Crippen molar-refractivity contribution >= 4 is 5.78 Å². The van der Waals surface area contributed by atoms with Crippen molar-refractivity contribution in [2.45, 2.75) is 57.5 Å². The minimum absolute atomic E-state index is 0.0619.